The van der Waals surface area contributed by atoms with Crippen molar-refractivity contribution in [3.63, 3.8) is 0 Å². The first-order valence-electron chi connectivity index (χ1n) is 7.22. The Kier molecular flexibility index (Phi) is 2.77. The van der Waals surface area contributed by atoms with Gasteiger partial charge in [0.05, 0.1) is 19.4 Å². The van der Waals surface area contributed by atoms with Gasteiger partial charge in [-0.1, -0.05) is 6.92 Å². The van der Waals surface area contributed by atoms with Crippen LogP contribution in [0.5, 0.6) is 0 Å². The summed E-state index contributed by atoms with van der Waals surface area (Å²) in [6.07, 6.45) is 5.92. The zero-order valence-electron chi connectivity index (χ0n) is 11.7. The molecule has 0 atom stereocenters. The maximum Gasteiger partial charge on any atom is 0.182 e. The van der Waals surface area contributed by atoms with Gasteiger partial charge < -0.3 is 18.9 Å². The van der Waals surface area contributed by atoms with Crippen LogP contribution in [0.1, 0.15) is 6.92 Å². The van der Waals surface area contributed by atoms with Gasteiger partial charge in [0.25, 0.3) is 0 Å². The lowest BCUT2D eigenvalue weighted by Crippen LogP contribution is -2.45. The summed E-state index contributed by atoms with van der Waals surface area (Å²) in [4.78, 5) is 13.9. The second-order valence-electron chi connectivity index (χ2n) is 5.69. The molecule has 0 aromatic carbocycles. The molecule has 2 aliphatic heterocycles. The fourth-order valence-electron chi connectivity index (χ4n) is 2.93. The van der Waals surface area contributed by atoms with Crippen LogP contribution in [0.25, 0.3) is 5.65 Å². The monoisotopic (exact) mass is 273 g/mol. The lowest BCUT2D eigenvalue weighted by molar-refractivity contribution is 0.122. The van der Waals surface area contributed by atoms with E-state index in [1.165, 1.54) is 0 Å². The third kappa shape index (κ3) is 1.91. The molecule has 2 aromatic rings. The first kappa shape index (κ1) is 12.0. The van der Waals surface area contributed by atoms with Crippen molar-refractivity contribution in [3.05, 3.63) is 18.6 Å². The number of imidazole rings is 1. The van der Waals surface area contributed by atoms with Crippen LogP contribution >= 0.6 is 0 Å². The van der Waals surface area contributed by atoms with Gasteiger partial charge in [-0.25, -0.2) is 9.97 Å². The zero-order valence-corrected chi connectivity index (χ0v) is 11.7. The van der Waals surface area contributed by atoms with E-state index in [0.29, 0.717) is 0 Å². The maximum atomic E-state index is 5.41. The number of fused-ring (bicyclic) bond motifs is 1. The number of hydrogen-bond acceptors (Lipinski definition) is 5. The molecule has 0 spiro atoms. The Labute approximate surface area is 118 Å². The van der Waals surface area contributed by atoms with Gasteiger partial charge in [0, 0.05) is 38.6 Å². The first-order chi connectivity index (χ1) is 9.81. The summed E-state index contributed by atoms with van der Waals surface area (Å²) in [6.45, 7) is 7.77. The second-order valence-corrected chi connectivity index (χ2v) is 5.69. The summed E-state index contributed by atoms with van der Waals surface area (Å²) < 4.78 is 7.49. The molecule has 0 unspecified atom stereocenters. The molecule has 4 rings (SSSR count). The third-order valence-corrected chi connectivity index (χ3v) is 4.04. The van der Waals surface area contributed by atoms with E-state index >= 15 is 0 Å². The molecule has 0 aliphatic carbocycles. The van der Waals surface area contributed by atoms with E-state index in [-0.39, 0.29) is 0 Å². The second kappa shape index (κ2) is 4.63. The first-order valence-corrected chi connectivity index (χ1v) is 7.22. The summed E-state index contributed by atoms with van der Waals surface area (Å²) >= 11 is 0. The quantitative estimate of drug-likeness (QED) is 0.817. The van der Waals surface area contributed by atoms with Crippen molar-refractivity contribution in [2.45, 2.75) is 6.92 Å². The van der Waals surface area contributed by atoms with E-state index in [1.807, 2.05) is 12.4 Å². The largest absolute Gasteiger partial charge is 0.378 e. The Bertz CT molecular complexity index is 613. The Morgan fingerprint density at radius 3 is 2.75 bits per heavy atom. The van der Waals surface area contributed by atoms with Crippen molar-refractivity contribution in [2.24, 2.45) is 5.92 Å². The highest BCUT2D eigenvalue weighted by Crippen LogP contribution is 2.26. The molecule has 4 heterocycles. The molecular formula is C14H19N5O. The van der Waals surface area contributed by atoms with Crippen LogP contribution in [0.3, 0.4) is 0 Å². The van der Waals surface area contributed by atoms with Gasteiger partial charge in [0.1, 0.15) is 5.82 Å². The van der Waals surface area contributed by atoms with E-state index in [4.69, 9.17) is 9.72 Å². The average Bonchev–Trinajstić information content (AvgIpc) is 2.88. The minimum Gasteiger partial charge on any atom is -0.378 e. The van der Waals surface area contributed by atoms with Gasteiger partial charge in [-0.15, -0.1) is 0 Å². The van der Waals surface area contributed by atoms with Crippen molar-refractivity contribution < 1.29 is 4.74 Å². The van der Waals surface area contributed by atoms with E-state index < -0.39 is 0 Å². The molecule has 20 heavy (non-hydrogen) atoms. The van der Waals surface area contributed by atoms with Gasteiger partial charge in [-0.2, -0.15) is 0 Å². The van der Waals surface area contributed by atoms with Gasteiger partial charge in [-0.3, -0.25) is 0 Å². The minimum atomic E-state index is 0.764. The van der Waals surface area contributed by atoms with Crippen LogP contribution in [0.15, 0.2) is 18.6 Å². The molecule has 2 aromatic heterocycles. The number of ether oxygens (including phenoxy) is 1. The van der Waals surface area contributed by atoms with Crippen LogP contribution in [0, 0.1) is 5.92 Å². The lowest BCUT2D eigenvalue weighted by atomic mass is 10.0. The molecular weight excluding hydrogens is 254 g/mol. The molecule has 0 radical (unpaired) electrons. The molecule has 6 nitrogen and oxygen atoms in total. The number of nitrogens with zero attached hydrogens (tertiary/aromatic N) is 5. The van der Waals surface area contributed by atoms with Crippen LogP contribution in [0.2, 0.25) is 0 Å². The number of anilines is 2. The third-order valence-electron chi connectivity index (χ3n) is 4.04. The summed E-state index contributed by atoms with van der Waals surface area (Å²) in [5.41, 5.74) is 0.948. The Balaban J connectivity index is 1.70. The van der Waals surface area contributed by atoms with Gasteiger partial charge in [-0.05, 0) is 5.92 Å². The molecule has 2 fully saturated rings. The number of hydrogen-bond donors (Lipinski definition) is 0. The highest BCUT2D eigenvalue weighted by Gasteiger charge is 2.25. The predicted molar refractivity (Wildman–Crippen MR) is 77.4 cm³/mol. The molecule has 0 bridgehead atoms. The molecule has 2 aliphatic rings. The van der Waals surface area contributed by atoms with E-state index in [9.17, 15) is 0 Å². The van der Waals surface area contributed by atoms with Crippen LogP contribution in [-0.2, 0) is 4.74 Å². The summed E-state index contributed by atoms with van der Waals surface area (Å²) in [7, 11) is 0. The van der Waals surface area contributed by atoms with Crippen LogP contribution in [0.4, 0.5) is 11.6 Å². The zero-order chi connectivity index (χ0) is 13.5. The molecule has 6 heteroatoms. The highest BCUT2D eigenvalue weighted by atomic mass is 16.5. The molecule has 0 saturated carbocycles. The van der Waals surface area contributed by atoms with Crippen molar-refractivity contribution in [1.29, 1.82) is 0 Å². The fraction of sp³-hybridized carbons (Fsp3) is 0.571. The van der Waals surface area contributed by atoms with Gasteiger partial charge >= 0.3 is 0 Å². The van der Waals surface area contributed by atoms with Crippen LogP contribution < -0.4 is 9.80 Å². The van der Waals surface area contributed by atoms with E-state index in [2.05, 4.69) is 32.3 Å². The fourth-order valence-corrected chi connectivity index (χ4v) is 2.93. The molecule has 0 amide bonds. The SMILES string of the molecule is CC1CN(c2cn3ccnc(N4CCOCC4)c3n2)C1. The van der Waals surface area contributed by atoms with E-state index in [0.717, 1.165) is 62.6 Å². The van der Waals surface area contributed by atoms with E-state index in [1.54, 1.807) is 0 Å². The number of rotatable bonds is 2. The summed E-state index contributed by atoms with van der Waals surface area (Å²) in [5.74, 6) is 2.80. The van der Waals surface area contributed by atoms with Gasteiger partial charge in [0.2, 0.25) is 0 Å². The standard InChI is InChI=1S/C14H19N5O/c1-11-8-19(9-11)12-10-18-3-2-15-13(14(18)16-12)17-4-6-20-7-5-17/h2-3,10-11H,4-9H2,1H3. The van der Waals surface area contributed by atoms with Crippen LogP contribution in [-0.4, -0.2) is 53.8 Å². The van der Waals surface area contributed by atoms with Crippen molar-refractivity contribution in [1.82, 2.24) is 14.4 Å². The number of aromatic nitrogens is 3. The molecule has 2 saturated heterocycles. The Hall–Kier alpha value is -1.82. The highest BCUT2D eigenvalue weighted by molar-refractivity contribution is 5.67. The number of morpholine rings is 1. The van der Waals surface area contributed by atoms with Crippen molar-refractivity contribution in [2.75, 3.05) is 49.2 Å². The lowest BCUT2D eigenvalue weighted by Gasteiger charge is -2.37. The topological polar surface area (TPSA) is 45.9 Å². The Morgan fingerprint density at radius 1 is 1.20 bits per heavy atom. The van der Waals surface area contributed by atoms with Crippen molar-refractivity contribution >= 4 is 17.3 Å². The summed E-state index contributed by atoms with van der Waals surface area (Å²) in [6, 6.07) is 0. The van der Waals surface area contributed by atoms with Crippen molar-refractivity contribution in [3.8, 4) is 0 Å². The molecule has 0 N–H and O–H groups in total. The minimum absolute atomic E-state index is 0.764. The predicted octanol–water partition coefficient (Wildman–Crippen LogP) is 1.02. The van der Waals surface area contributed by atoms with Gasteiger partial charge in [0.15, 0.2) is 11.5 Å². The smallest absolute Gasteiger partial charge is 0.182 e. The molecule has 106 valence electrons. The normalized spacial score (nSPS) is 20.4. The Morgan fingerprint density at radius 2 is 2.00 bits per heavy atom. The average molecular weight is 273 g/mol. The summed E-state index contributed by atoms with van der Waals surface area (Å²) in [5, 5.41) is 0. The maximum absolute atomic E-state index is 5.41.